The van der Waals surface area contributed by atoms with Gasteiger partial charge < -0.3 is 0 Å². The average molecular weight is 399 g/mol. The van der Waals surface area contributed by atoms with Gasteiger partial charge in [0, 0.05) is 0 Å². The van der Waals surface area contributed by atoms with Gasteiger partial charge in [-0.1, -0.05) is 70.2 Å². The summed E-state index contributed by atoms with van der Waals surface area (Å²) in [5.41, 5.74) is 0. The van der Waals surface area contributed by atoms with Gasteiger partial charge in [-0.25, -0.2) is 19.1 Å². The third-order valence-corrected chi connectivity index (χ3v) is 6.27. The van der Waals surface area contributed by atoms with Gasteiger partial charge in [-0.3, -0.25) is 0 Å². The van der Waals surface area contributed by atoms with E-state index in [4.69, 9.17) is 0 Å². The van der Waals surface area contributed by atoms with Gasteiger partial charge in [0.05, 0.1) is 0 Å². The molecule has 0 atom stereocenters. The first kappa shape index (κ1) is 25.0. The normalized spacial score (nSPS) is 12.7. The summed E-state index contributed by atoms with van der Waals surface area (Å²) in [5, 5.41) is 1.35. The van der Waals surface area contributed by atoms with Crippen LogP contribution < -0.4 is 0 Å². The topological polar surface area (TPSA) is 0 Å². The van der Waals surface area contributed by atoms with Crippen molar-refractivity contribution in [3.63, 3.8) is 0 Å². The molecule has 0 aromatic rings. The molecule has 0 saturated heterocycles. The quantitative estimate of drug-likeness (QED) is 0.235. The maximum atomic E-state index is 4.49. The summed E-state index contributed by atoms with van der Waals surface area (Å²) in [7, 11) is 4.51. The van der Waals surface area contributed by atoms with Gasteiger partial charge in [0.15, 0.2) is 0 Å². The predicted octanol–water partition coefficient (Wildman–Crippen LogP) is 6.95. The van der Waals surface area contributed by atoms with Crippen molar-refractivity contribution in [1.82, 2.24) is 0 Å². The van der Waals surface area contributed by atoms with Crippen LogP contribution in [0.1, 0.15) is 69.2 Å². The summed E-state index contributed by atoms with van der Waals surface area (Å²) < 4.78 is 0. The van der Waals surface area contributed by atoms with E-state index in [1.54, 1.807) is 6.08 Å². The zero-order valence-corrected chi connectivity index (χ0v) is 17.7. The molecule has 0 unspecified atom stereocenters. The monoisotopic (exact) mass is 398 g/mol. The molecule has 0 aliphatic heterocycles. The van der Waals surface area contributed by atoms with Crippen LogP contribution in [0.15, 0.2) is 12.2 Å². The standard InChI is InChI=1S/C12H27P.C4H7.ClH.Pd/c1-10(2,3)13(11(4,5)6)12(7,8)9;1-3-4-2;;/h1-9H3;3-4H,1H2,2H3;1H;/q;-1;;+2/p-1/b;4-3+;;. The second-order valence-electron chi connectivity index (χ2n) is 7.42. The second-order valence-corrected chi connectivity index (χ2v) is 12.1. The summed E-state index contributed by atoms with van der Waals surface area (Å²) in [6.07, 6.45) is 3.64. The summed E-state index contributed by atoms with van der Waals surface area (Å²) >= 11 is 2.22. The zero-order chi connectivity index (χ0) is 16.5. The number of rotatable bonds is 0. The average Bonchev–Trinajstić information content (AvgIpc) is 2.14. The van der Waals surface area contributed by atoms with Gasteiger partial charge in [-0.05, 0) is 15.5 Å². The Hall–Kier alpha value is 0.992. The molecule has 0 aliphatic carbocycles. The Morgan fingerprint density at radius 1 is 0.789 bits per heavy atom. The van der Waals surface area contributed by atoms with Crippen LogP contribution in [0.2, 0.25) is 0 Å². The molecule has 0 spiro atoms. The molecule has 19 heavy (non-hydrogen) atoms. The van der Waals surface area contributed by atoms with E-state index in [1.165, 1.54) is 0 Å². The van der Waals surface area contributed by atoms with Crippen molar-refractivity contribution < 1.29 is 18.2 Å². The molecule has 0 rings (SSSR count). The summed E-state index contributed by atoms with van der Waals surface area (Å²) in [6.45, 7) is 26.8. The van der Waals surface area contributed by atoms with Crippen LogP contribution in [-0.2, 0) is 18.2 Å². The fourth-order valence-electron chi connectivity index (χ4n) is 3.02. The summed E-state index contributed by atoms with van der Waals surface area (Å²) in [5.74, 6) is 0. The van der Waals surface area contributed by atoms with Crippen LogP contribution in [0, 0.1) is 6.92 Å². The van der Waals surface area contributed by atoms with E-state index in [0.29, 0.717) is 15.5 Å². The van der Waals surface area contributed by atoms with Crippen molar-refractivity contribution in [2.24, 2.45) is 0 Å². The molecule has 120 valence electrons. The molecule has 0 aromatic heterocycles. The van der Waals surface area contributed by atoms with Gasteiger partial charge in [-0.15, -0.1) is 6.92 Å². The Morgan fingerprint density at radius 2 is 0.947 bits per heavy atom. The number of allylic oxidation sites excluding steroid dienone is 2. The molecular formula is C16H34ClPPd. The SMILES string of the molecule is CC(C)(C)P(C(C)(C)C)C(C)(C)C.[CH2-]/C=C/C.[Cl][Pd+]. The van der Waals surface area contributed by atoms with Crippen molar-refractivity contribution in [2.45, 2.75) is 84.7 Å². The Labute approximate surface area is 139 Å². The second kappa shape index (κ2) is 10.7. The van der Waals surface area contributed by atoms with Gasteiger partial charge in [0.25, 0.3) is 0 Å². The number of hydrogen-bond donors (Lipinski definition) is 0. The Morgan fingerprint density at radius 3 is 0.947 bits per heavy atom. The molecule has 0 heterocycles. The molecular weight excluding hydrogens is 365 g/mol. The third kappa shape index (κ3) is 13.7. The van der Waals surface area contributed by atoms with E-state index in [9.17, 15) is 0 Å². The van der Waals surface area contributed by atoms with E-state index in [2.05, 4.69) is 96.9 Å². The molecule has 0 aliphatic rings. The van der Waals surface area contributed by atoms with Gasteiger partial charge in [0.1, 0.15) is 0 Å². The molecule has 0 amide bonds. The van der Waals surface area contributed by atoms with Crippen LogP contribution in [-0.4, -0.2) is 15.5 Å². The van der Waals surface area contributed by atoms with Gasteiger partial charge in [-0.2, -0.15) is 0 Å². The first-order valence-electron chi connectivity index (χ1n) is 6.61. The van der Waals surface area contributed by atoms with Gasteiger partial charge in [0.2, 0.25) is 0 Å². The third-order valence-electron chi connectivity index (χ3n) is 2.25. The Kier molecular flexibility index (Phi) is 14.0. The predicted molar refractivity (Wildman–Crippen MR) is 92.2 cm³/mol. The molecule has 0 saturated carbocycles. The minimum absolute atomic E-state index is 0.0162. The molecule has 0 radical (unpaired) electrons. The first-order valence-corrected chi connectivity index (χ1v) is 9.95. The fourth-order valence-corrected chi connectivity index (χ4v) is 9.06. The van der Waals surface area contributed by atoms with Crippen LogP contribution in [0.5, 0.6) is 0 Å². The van der Waals surface area contributed by atoms with Crippen molar-refractivity contribution in [1.29, 1.82) is 0 Å². The Bertz CT molecular complexity index is 191. The van der Waals surface area contributed by atoms with Crippen molar-refractivity contribution >= 4 is 17.5 Å². The van der Waals surface area contributed by atoms with Crippen molar-refractivity contribution in [2.75, 3.05) is 0 Å². The molecule has 0 bridgehead atoms. The molecule has 0 fully saturated rings. The first-order chi connectivity index (χ1) is 8.28. The van der Waals surface area contributed by atoms with Crippen LogP contribution in [0.3, 0.4) is 0 Å². The molecule has 0 aromatic carbocycles. The van der Waals surface area contributed by atoms with E-state index in [1.807, 2.05) is 13.0 Å². The zero-order valence-electron chi connectivity index (χ0n) is 14.5. The van der Waals surface area contributed by atoms with E-state index in [-0.39, 0.29) is 7.92 Å². The molecule has 3 heteroatoms. The summed E-state index contributed by atoms with van der Waals surface area (Å²) in [6, 6.07) is 0. The fraction of sp³-hybridized carbons (Fsp3) is 0.812. The molecule has 0 nitrogen and oxygen atoms in total. The number of hydrogen-bond acceptors (Lipinski definition) is 0. The van der Waals surface area contributed by atoms with Crippen LogP contribution >= 0.6 is 17.5 Å². The molecule has 0 N–H and O–H groups in total. The van der Waals surface area contributed by atoms with Crippen molar-refractivity contribution in [3.8, 4) is 0 Å². The number of halogens is 1. The van der Waals surface area contributed by atoms with Crippen LogP contribution in [0.25, 0.3) is 0 Å². The van der Waals surface area contributed by atoms with E-state index in [0.717, 1.165) is 0 Å². The summed E-state index contributed by atoms with van der Waals surface area (Å²) in [4.78, 5) is 0. The van der Waals surface area contributed by atoms with Gasteiger partial charge >= 0.3 is 27.7 Å². The maximum absolute atomic E-state index is 4.49. The van der Waals surface area contributed by atoms with E-state index >= 15 is 0 Å². The minimum atomic E-state index is 0.0162. The Balaban J connectivity index is -0.000000361. The van der Waals surface area contributed by atoms with Crippen molar-refractivity contribution in [3.05, 3.63) is 19.1 Å². The van der Waals surface area contributed by atoms with Crippen LogP contribution in [0.4, 0.5) is 0 Å². The van der Waals surface area contributed by atoms with E-state index < -0.39 is 0 Å².